The zero-order valence-corrected chi connectivity index (χ0v) is 16.0. The highest BCUT2D eigenvalue weighted by atomic mass is 19.1. The van der Waals surface area contributed by atoms with Crippen molar-refractivity contribution < 1.29 is 27.5 Å². The molecule has 0 atom stereocenters. The van der Waals surface area contributed by atoms with Gasteiger partial charge in [-0.25, -0.2) is 13.2 Å². The van der Waals surface area contributed by atoms with Gasteiger partial charge in [-0.1, -0.05) is 0 Å². The minimum atomic E-state index is -0.940. The number of carbonyl (C=O) groups is 2. The first-order valence-corrected chi connectivity index (χ1v) is 9.36. The van der Waals surface area contributed by atoms with Crippen LogP contribution in [0.5, 0.6) is 11.5 Å². The van der Waals surface area contributed by atoms with E-state index in [1.54, 1.807) is 0 Å². The fraction of sp³-hybridized carbons (Fsp3) is 0.136. The molecule has 0 spiro atoms. The number of nitrogens with two attached hydrogens (primary N) is 1. The number of carbonyl (C=O) groups excluding carboxylic acids is 2. The van der Waals surface area contributed by atoms with Crippen LogP contribution in [0.2, 0.25) is 0 Å². The van der Waals surface area contributed by atoms with E-state index in [0.29, 0.717) is 12.8 Å². The van der Waals surface area contributed by atoms with Crippen LogP contribution >= 0.6 is 0 Å². The molecule has 1 aliphatic carbocycles. The van der Waals surface area contributed by atoms with Crippen molar-refractivity contribution in [3.05, 3.63) is 77.9 Å². The third-order valence-corrected chi connectivity index (χ3v) is 4.69. The van der Waals surface area contributed by atoms with Gasteiger partial charge in [0.1, 0.15) is 17.3 Å². The van der Waals surface area contributed by atoms with Crippen molar-refractivity contribution in [1.29, 1.82) is 0 Å². The summed E-state index contributed by atoms with van der Waals surface area (Å²) < 4.78 is 48.5. The van der Waals surface area contributed by atoms with Crippen molar-refractivity contribution in [3.63, 3.8) is 0 Å². The smallest absolute Gasteiger partial charge is 0.267 e. The third kappa shape index (κ3) is 4.35. The third-order valence-electron chi connectivity index (χ3n) is 4.69. The van der Waals surface area contributed by atoms with Gasteiger partial charge in [0.05, 0.1) is 5.69 Å². The maximum absolute atomic E-state index is 15.0. The van der Waals surface area contributed by atoms with E-state index in [9.17, 15) is 22.8 Å². The number of ether oxygens (including phenoxy) is 1. The highest BCUT2D eigenvalue weighted by Crippen LogP contribution is 2.39. The molecule has 0 saturated heterocycles. The van der Waals surface area contributed by atoms with Gasteiger partial charge in [-0.3, -0.25) is 19.5 Å². The molecule has 1 aromatic heterocycles. The molecular formula is C22H16F3N3O3. The summed E-state index contributed by atoms with van der Waals surface area (Å²) in [5.74, 6) is -4.32. The lowest BCUT2D eigenvalue weighted by atomic mass is 10.2. The number of hydrogen-bond donors (Lipinski definition) is 1. The number of anilines is 2. The van der Waals surface area contributed by atoms with Gasteiger partial charge < -0.3 is 10.5 Å². The minimum absolute atomic E-state index is 0.0271. The molecule has 0 bridgehead atoms. The number of hydrogen-bond acceptors (Lipinski definition) is 4. The standard InChI is InChI=1S/C22H16F3N3O3/c23-13-3-5-14(6-4-13)28(22(30)12-1-2-12)19-10-17(25)20(11-16(19)24)31-15-7-8-27-18(9-15)21(26)29/h3-12H,1-2H2,(H2,26,29). The predicted octanol–water partition coefficient (Wildman–Crippen LogP) is 4.46. The lowest BCUT2D eigenvalue weighted by Crippen LogP contribution is -2.28. The molecule has 1 fully saturated rings. The maximum atomic E-state index is 15.0. The van der Waals surface area contributed by atoms with Crippen LogP contribution < -0.4 is 15.4 Å². The SMILES string of the molecule is NC(=O)c1cc(Oc2cc(F)c(N(C(=O)C3CC3)c3ccc(F)cc3)cc2F)ccn1. The average Bonchev–Trinajstić information content (AvgIpc) is 3.58. The normalized spacial score (nSPS) is 13.0. The van der Waals surface area contributed by atoms with Crippen LogP contribution in [-0.2, 0) is 4.79 Å². The lowest BCUT2D eigenvalue weighted by molar-refractivity contribution is -0.119. The Labute approximate surface area is 175 Å². The number of aromatic nitrogens is 1. The topological polar surface area (TPSA) is 85.5 Å². The van der Waals surface area contributed by atoms with Crippen molar-refractivity contribution >= 4 is 23.2 Å². The second kappa shape index (κ2) is 8.10. The van der Waals surface area contributed by atoms with E-state index >= 15 is 0 Å². The van der Waals surface area contributed by atoms with Crippen molar-refractivity contribution in [2.75, 3.05) is 4.90 Å². The molecule has 3 aromatic rings. The van der Waals surface area contributed by atoms with Gasteiger partial charge in [0.25, 0.3) is 5.91 Å². The Hall–Kier alpha value is -3.88. The number of rotatable bonds is 6. The molecule has 2 N–H and O–H groups in total. The number of primary amides is 1. The number of amides is 2. The molecule has 9 heteroatoms. The molecule has 4 rings (SSSR count). The van der Waals surface area contributed by atoms with E-state index in [-0.39, 0.29) is 28.7 Å². The first kappa shape index (κ1) is 20.4. The monoisotopic (exact) mass is 427 g/mol. The Morgan fingerprint density at radius 3 is 2.35 bits per heavy atom. The zero-order valence-electron chi connectivity index (χ0n) is 16.0. The first-order valence-electron chi connectivity index (χ1n) is 9.36. The summed E-state index contributed by atoms with van der Waals surface area (Å²) >= 11 is 0. The van der Waals surface area contributed by atoms with E-state index in [1.807, 2.05) is 0 Å². The van der Waals surface area contributed by atoms with Crippen LogP contribution in [0.15, 0.2) is 54.7 Å². The molecule has 0 radical (unpaired) electrons. The molecule has 0 aliphatic heterocycles. The van der Waals surface area contributed by atoms with Crippen LogP contribution in [0.25, 0.3) is 0 Å². The predicted molar refractivity (Wildman–Crippen MR) is 105 cm³/mol. The van der Waals surface area contributed by atoms with E-state index in [2.05, 4.69) is 4.98 Å². The Morgan fingerprint density at radius 1 is 1.00 bits per heavy atom. The van der Waals surface area contributed by atoms with Gasteiger partial charge in [0, 0.05) is 36.0 Å². The summed E-state index contributed by atoms with van der Waals surface area (Å²) in [5.41, 5.74) is 4.94. The fourth-order valence-corrected chi connectivity index (χ4v) is 2.99. The van der Waals surface area contributed by atoms with Crippen molar-refractivity contribution in [1.82, 2.24) is 4.98 Å². The second-order valence-electron chi connectivity index (χ2n) is 7.00. The van der Waals surface area contributed by atoms with Gasteiger partial charge in [0.15, 0.2) is 17.4 Å². The molecule has 2 aromatic carbocycles. The highest BCUT2D eigenvalue weighted by molar-refractivity contribution is 6.03. The largest absolute Gasteiger partial charge is 0.454 e. The summed E-state index contributed by atoms with van der Waals surface area (Å²) in [5, 5.41) is 0. The Balaban J connectivity index is 1.70. The van der Waals surface area contributed by atoms with Crippen molar-refractivity contribution in [2.45, 2.75) is 12.8 Å². The molecule has 1 heterocycles. The van der Waals surface area contributed by atoms with Crippen LogP contribution in [0.4, 0.5) is 24.5 Å². The van der Waals surface area contributed by atoms with Gasteiger partial charge in [-0.15, -0.1) is 0 Å². The summed E-state index contributed by atoms with van der Waals surface area (Å²) in [6.45, 7) is 0. The van der Waals surface area contributed by atoms with Crippen LogP contribution in [0.3, 0.4) is 0 Å². The molecule has 1 saturated carbocycles. The van der Waals surface area contributed by atoms with E-state index in [4.69, 9.17) is 10.5 Å². The van der Waals surface area contributed by atoms with E-state index in [1.165, 1.54) is 30.5 Å². The van der Waals surface area contributed by atoms with Crippen molar-refractivity contribution in [3.8, 4) is 11.5 Å². The van der Waals surface area contributed by atoms with Crippen LogP contribution in [-0.4, -0.2) is 16.8 Å². The summed E-state index contributed by atoms with van der Waals surface area (Å²) in [4.78, 5) is 28.8. The lowest BCUT2D eigenvalue weighted by Gasteiger charge is -2.24. The number of nitrogens with zero attached hydrogens (tertiary/aromatic N) is 2. The Morgan fingerprint density at radius 2 is 1.71 bits per heavy atom. The summed E-state index contributed by atoms with van der Waals surface area (Å²) in [7, 11) is 0. The van der Waals surface area contributed by atoms with Crippen LogP contribution in [0.1, 0.15) is 23.3 Å². The number of pyridine rings is 1. The second-order valence-corrected chi connectivity index (χ2v) is 7.00. The minimum Gasteiger partial charge on any atom is -0.454 e. The first-order chi connectivity index (χ1) is 14.8. The van der Waals surface area contributed by atoms with E-state index < -0.39 is 35.0 Å². The number of halogens is 3. The number of benzene rings is 2. The molecule has 31 heavy (non-hydrogen) atoms. The van der Waals surface area contributed by atoms with Gasteiger partial charge >= 0.3 is 0 Å². The molecular weight excluding hydrogens is 411 g/mol. The average molecular weight is 427 g/mol. The fourth-order valence-electron chi connectivity index (χ4n) is 2.99. The molecule has 1 aliphatic rings. The Kier molecular flexibility index (Phi) is 5.33. The molecule has 0 unspecified atom stereocenters. The van der Waals surface area contributed by atoms with Gasteiger partial charge in [-0.2, -0.15) is 0 Å². The van der Waals surface area contributed by atoms with E-state index in [0.717, 1.165) is 29.2 Å². The summed E-state index contributed by atoms with van der Waals surface area (Å²) in [6, 6.07) is 9.08. The Bertz CT molecular complexity index is 1160. The molecule has 158 valence electrons. The molecule has 2 amide bonds. The van der Waals surface area contributed by atoms with Crippen LogP contribution in [0, 0.1) is 23.4 Å². The quantitative estimate of drug-likeness (QED) is 0.629. The van der Waals surface area contributed by atoms with Gasteiger partial charge in [0.2, 0.25) is 5.91 Å². The highest BCUT2D eigenvalue weighted by Gasteiger charge is 2.36. The maximum Gasteiger partial charge on any atom is 0.267 e. The van der Waals surface area contributed by atoms with Crippen molar-refractivity contribution in [2.24, 2.45) is 11.7 Å². The zero-order chi connectivity index (χ0) is 22.1. The van der Waals surface area contributed by atoms with Gasteiger partial charge in [-0.05, 0) is 43.2 Å². The molecule has 6 nitrogen and oxygen atoms in total. The summed E-state index contributed by atoms with van der Waals surface area (Å²) in [6.07, 6.45) is 2.53.